The van der Waals surface area contributed by atoms with Crippen molar-refractivity contribution < 1.29 is 8.78 Å². The quantitative estimate of drug-likeness (QED) is 0.688. The number of nitrogens with one attached hydrogen (secondary N) is 1. The lowest BCUT2D eigenvalue weighted by molar-refractivity contribution is 0.504. The number of aromatic amines is 1. The topological polar surface area (TPSA) is 33.6 Å². The van der Waals surface area contributed by atoms with Gasteiger partial charge in [-0.25, -0.2) is 13.8 Å². The number of hydrogen-bond acceptors (Lipinski definition) is 2. The summed E-state index contributed by atoms with van der Waals surface area (Å²) < 4.78 is 28.9. The Kier molecular flexibility index (Phi) is 2.67. The van der Waals surface area contributed by atoms with Crippen LogP contribution in [0.5, 0.6) is 0 Å². The predicted molar refractivity (Wildman–Crippen MR) is 70.9 cm³/mol. The highest BCUT2D eigenvalue weighted by atomic mass is 32.1. The molecule has 0 bridgehead atoms. The molecule has 0 unspecified atom stereocenters. The molecule has 0 fully saturated rings. The van der Waals surface area contributed by atoms with Crippen LogP contribution < -0.4 is 0 Å². The first-order chi connectivity index (χ1) is 9.08. The fourth-order valence-electron chi connectivity index (χ4n) is 1.97. The van der Waals surface area contributed by atoms with Gasteiger partial charge in [-0.15, -0.1) is 0 Å². The third-order valence-corrected chi connectivity index (χ3v) is 3.13. The fourth-order valence-corrected chi connectivity index (χ4v) is 2.26. The minimum absolute atomic E-state index is 0.0503. The summed E-state index contributed by atoms with van der Waals surface area (Å²) in [5.41, 5.74) is 1.98. The number of aromatic nitrogens is 3. The maximum Gasteiger partial charge on any atom is 0.184 e. The average molecular weight is 277 g/mol. The van der Waals surface area contributed by atoms with Gasteiger partial charge in [0.15, 0.2) is 22.1 Å². The molecule has 3 rings (SSSR count). The fraction of sp³-hybridized carbons (Fsp3) is 0.0769. The molecule has 0 aliphatic carbocycles. The zero-order valence-corrected chi connectivity index (χ0v) is 10.8. The lowest BCUT2D eigenvalue weighted by Crippen LogP contribution is -2.01. The maximum absolute atomic E-state index is 13.9. The number of halogens is 2. The highest BCUT2D eigenvalue weighted by Crippen LogP contribution is 2.22. The summed E-state index contributed by atoms with van der Waals surface area (Å²) in [6.45, 7) is 1.82. The summed E-state index contributed by atoms with van der Waals surface area (Å²) in [6.07, 6.45) is 0. The van der Waals surface area contributed by atoms with Gasteiger partial charge in [0.05, 0.1) is 11.2 Å². The molecule has 3 nitrogen and oxygen atoms in total. The van der Waals surface area contributed by atoms with Crippen LogP contribution in [0.25, 0.3) is 16.9 Å². The van der Waals surface area contributed by atoms with Crippen molar-refractivity contribution in [1.82, 2.24) is 14.5 Å². The third kappa shape index (κ3) is 1.84. The van der Waals surface area contributed by atoms with Gasteiger partial charge >= 0.3 is 0 Å². The summed E-state index contributed by atoms with van der Waals surface area (Å²) in [6, 6.07) is 7.59. The van der Waals surface area contributed by atoms with Gasteiger partial charge < -0.3 is 4.98 Å². The second-order valence-electron chi connectivity index (χ2n) is 4.16. The Morgan fingerprint density at radius 3 is 2.79 bits per heavy atom. The van der Waals surface area contributed by atoms with Gasteiger partial charge in [0, 0.05) is 5.69 Å². The number of fused-ring (bicyclic) bond motifs is 1. The van der Waals surface area contributed by atoms with Gasteiger partial charge in [-0.05, 0) is 43.4 Å². The Bertz CT molecular complexity index is 836. The monoisotopic (exact) mass is 277 g/mol. The molecular formula is C13H9F2N3S. The van der Waals surface area contributed by atoms with Gasteiger partial charge in [0.25, 0.3) is 0 Å². The number of pyridine rings is 1. The Labute approximate surface area is 112 Å². The van der Waals surface area contributed by atoms with Crippen molar-refractivity contribution >= 4 is 23.4 Å². The molecule has 19 heavy (non-hydrogen) atoms. The van der Waals surface area contributed by atoms with E-state index in [1.54, 1.807) is 6.07 Å². The molecule has 6 heteroatoms. The van der Waals surface area contributed by atoms with E-state index < -0.39 is 11.6 Å². The number of benzene rings is 1. The van der Waals surface area contributed by atoms with Crippen LogP contribution in [0.3, 0.4) is 0 Å². The third-order valence-electron chi connectivity index (χ3n) is 2.84. The molecule has 0 atom stereocenters. The van der Waals surface area contributed by atoms with Crippen LogP contribution in [0.2, 0.25) is 0 Å². The molecule has 0 saturated heterocycles. The zero-order chi connectivity index (χ0) is 13.6. The van der Waals surface area contributed by atoms with Crippen molar-refractivity contribution in [2.75, 3.05) is 0 Å². The Morgan fingerprint density at radius 2 is 2.00 bits per heavy atom. The summed E-state index contributed by atoms with van der Waals surface area (Å²) in [5.74, 6) is -1.86. The van der Waals surface area contributed by atoms with Crippen molar-refractivity contribution in [3.8, 4) is 5.69 Å². The second-order valence-corrected chi connectivity index (χ2v) is 4.55. The number of imidazole rings is 1. The first-order valence-electron chi connectivity index (χ1n) is 5.60. The summed E-state index contributed by atoms with van der Waals surface area (Å²) >= 11 is 5.16. The lowest BCUT2D eigenvalue weighted by atomic mass is 10.3. The Balaban J connectivity index is 2.42. The largest absolute Gasteiger partial charge is 0.329 e. The maximum atomic E-state index is 13.9. The number of nitrogens with zero attached hydrogens (tertiary/aromatic N) is 2. The van der Waals surface area contributed by atoms with E-state index in [1.807, 2.05) is 13.0 Å². The molecule has 0 aliphatic rings. The summed E-state index contributed by atoms with van der Waals surface area (Å²) in [5, 5.41) is 0. The van der Waals surface area contributed by atoms with Crippen LogP contribution >= 0.6 is 12.2 Å². The van der Waals surface area contributed by atoms with Crippen molar-refractivity contribution in [2.24, 2.45) is 0 Å². The Morgan fingerprint density at radius 1 is 1.21 bits per heavy atom. The molecule has 3 aromatic rings. The molecule has 0 spiro atoms. The number of aryl methyl sites for hydroxylation is 1. The smallest absolute Gasteiger partial charge is 0.184 e. The van der Waals surface area contributed by atoms with Crippen molar-refractivity contribution in [1.29, 1.82) is 0 Å². The summed E-state index contributed by atoms with van der Waals surface area (Å²) in [4.78, 5) is 7.25. The van der Waals surface area contributed by atoms with Crippen molar-refractivity contribution in [2.45, 2.75) is 6.92 Å². The van der Waals surface area contributed by atoms with E-state index in [0.717, 1.165) is 11.8 Å². The van der Waals surface area contributed by atoms with Gasteiger partial charge in [-0.2, -0.15) is 0 Å². The first kappa shape index (κ1) is 12.0. The Hall–Kier alpha value is -2.08. The number of hydrogen-bond donors (Lipinski definition) is 1. The second kappa shape index (κ2) is 4.24. The van der Waals surface area contributed by atoms with Gasteiger partial charge in [0.1, 0.15) is 0 Å². The molecule has 2 aromatic heterocycles. The molecular weight excluding hydrogens is 268 g/mol. The van der Waals surface area contributed by atoms with E-state index in [0.29, 0.717) is 11.2 Å². The van der Waals surface area contributed by atoms with Gasteiger partial charge in [-0.1, -0.05) is 6.07 Å². The van der Waals surface area contributed by atoms with E-state index in [2.05, 4.69) is 9.97 Å². The lowest BCUT2D eigenvalue weighted by Gasteiger charge is -2.06. The minimum atomic E-state index is -0.942. The molecule has 0 amide bonds. The van der Waals surface area contributed by atoms with Crippen LogP contribution in [-0.2, 0) is 0 Å². The standard InChI is InChI=1S/C13H9F2N3S/c1-7-5-6-9-12(16-7)18(13(19)17-9)10-4-2-3-8(14)11(10)15/h2-6H,1H3,(H,17,19). The van der Waals surface area contributed by atoms with Crippen LogP contribution in [0, 0.1) is 23.3 Å². The van der Waals surface area contributed by atoms with Crippen LogP contribution in [0.1, 0.15) is 5.69 Å². The SMILES string of the molecule is Cc1ccc2[nH]c(=S)n(-c3cccc(F)c3F)c2n1. The average Bonchev–Trinajstić information content (AvgIpc) is 2.69. The van der Waals surface area contributed by atoms with E-state index >= 15 is 0 Å². The van der Waals surface area contributed by atoms with E-state index in [9.17, 15) is 8.78 Å². The van der Waals surface area contributed by atoms with E-state index in [1.165, 1.54) is 16.7 Å². The molecule has 1 aromatic carbocycles. The van der Waals surface area contributed by atoms with Crippen LogP contribution in [0.4, 0.5) is 8.78 Å². The van der Waals surface area contributed by atoms with Crippen molar-refractivity contribution in [3.05, 3.63) is 52.4 Å². The van der Waals surface area contributed by atoms with Crippen LogP contribution in [-0.4, -0.2) is 14.5 Å². The molecule has 96 valence electrons. The predicted octanol–water partition coefficient (Wildman–Crippen LogP) is 3.67. The number of H-pyrrole nitrogens is 1. The minimum Gasteiger partial charge on any atom is -0.329 e. The van der Waals surface area contributed by atoms with E-state index in [4.69, 9.17) is 12.2 Å². The highest BCUT2D eigenvalue weighted by molar-refractivity contribution is 7.71. The van der Waals surface area contributed by atoms with Gasteiger partial charge in [-0.3, -0.25) is 4.57 Å². The highest BCUT2D eigenvalue weighted by Gasteiger charge is 2.14. The molecule has 0 saturated carbocycles. The zero-order valence-electron chi connectivity index (χ0n) is 9.95. The normalized spacial score (nSPS) is 11.1. The molecule has 0 aliphatic heterocycles. The first-order valence-corrected chi connectivity index (χ1v) is 6.01. The molecule has 1 N–H and O–H groups in total. The van der Waals surface area contributed by atoms with Crippen LogP contribution in [0.15, 0.2) is 30.3 Å². The molecule has 2 heterocycles. The van der Waals surface area contributed by atoms with E-state index in [-0.39, 0.29) is 10.5 Å². The summed E-state index contributed by atoms with van der Waals surface area (Å²) in [7, 11) is 0. The molecule has 0 radical (unpaired) electrons. The van der Waals surface area contributed by atoms with Crippen molar-refractivity contribution in [3.63, 3.8) is 0 Å². The number of rotatable bonds is 1. The van der Waals surface area contributed by atoms with Gasteiger partial charge in [0.2, 0.25) is 0 Å².